The highest BCUT2D eigenvalue weighted by molar-refractivity contribution is 5.95. The van der Waals surface area contributed by atoms with Gasteiger partial charge in [-0.15, -0.1) is 0 Å². The van der Waals surface area contributed by atoms with Gasteiger partial charge >= 0.3 is 5.97 Å². The number of carboxylic acid groups (broad SMARTS) is 1. The molecule has 1 aromatic heterocycles. The first-order valence-corrected chi connectivity index (χ1v) is 9.11. The van der Waals surface area contributed by atoms with E-state index in [2.05, 4.69) is 0 Å². The van der Waals surface area contributed by atoms with Gasteiger partial charge in [0.05, 0.1) is 5.56 Å². The molecule has 26 heavy (non-hydrogen) atoms. The van der Waals surface area contributed by atoms with E-state index in [-0.39, 0.29) is 17.2 Å². The van der Waals surface area contributed by atoms with Gasteiger partial charge in [0.2, 0.25) is 5.91 Å². The zero-order chi connectivity index (χ0) is 19.1. The lowest BCUT2D eigenvalue weighted by molar-refractivity contribution is -0.154. The third-order valence-corrected chi connectivity index (χ3v) is 5.90. The van der Waals surface area contributed by atoms with Crippen LogP contribution in [0.4, 0.5) is 0 Å². The molecular formula is C19H26N2O5. The van der Waals surface area contributed by atoms with E-state index < -0.39 is 12.0 Å². The van der Waals surface area contributed by atoms with Crippen molar-refractivity contribution in [1.82, 2.24) is 9.80 Å². The molecule has 2 saturated heterocycles. The highest BCUT2D eigenvalue weighted by atomic mass is 16.4. The Morgan fingerprint density at radius 2 is 1.88 bits per heavy atom. The summed E-state index contributed by atoms with van der Waals surface area (Å²) in [6.07, 6.45) is 2.71. The number of carbonyl (C=O) groups is 3. The number of likely N-dealkylation sites (tertiary alicyclic amines) is 2. The Bertz CT molecular complexity index is 730. The second-order valence-corrected chi connectivity index (χ2v) is 7.65. The van der Waals surface area contributed by atoms with E-state index in [0.29, 0.717) is 37.4 Å². The summed E-state index contributed by atoms with van der Waals surface area (Å²) in [5.74, 6) is 0.278. The number of hydrogen-bond acceptors (Lipinski definition) is 4. The Morgan fingerprint density at radius 1 is 1.23 bits per heavy atom. The number of amides is 2. The average molecular weight is 362 g/mol. The van der Waals surface area contributed by atoms with Crippen LogP contribution in [0.15, 0.2) is 10.5 Å². The number of nitrogens with zero attached hydrogens (tertiary/aromatic N) is 2. The van der Waals surface area contributed by atoms with E-state index in [9.17, 15) is 19.5 Å². The molecule has 1 atom stereocenters. The van der Waals surface area contributed by atoms with Crippen molar-refractivity contribution in [2.45, 2.75) is 52.5 Å². The molecule has 2 fully saturated rings. The molecule has 1 aromatic rings. The fraction of sp³-hybridized carbons (Fsp3) is 0.632. The summed E-state index contributed by atoms with van der Waals surface area (Å²) in [6.45, 7) is 6.88. The topological polar surface area (TPSA) is 91.1 Å². The van der Waals surface area contributed by atoms with Gasteiger partial charge in [-0.1, -0.05) is 0 Å². The van der Waals surface area contributed by atoms with Crippen LogP contribution in [0, 0.1) is 19.3 Å². The summed E-state index contributed by atoms with van der Waals surface area (Å²) in [4.78, 5) is 39.5. The summed E-state index contributed by atoms with van der Waals surface area (Å²) in [5.41, 5.74) is 0.522. The van der Waals surface area contributed by atoms with E-state index in [0.717, 1.165) is 25.0 Å². The number of carboxylic acids is 1. The molecule has 7 heteroatoms. The van der Waals surface area contributed by atoms with E-state index in [1.807, 2.05) is 11.8 Å². The minimum atomic E-state index is -0.978. The number of carbonyl (C=O) groups excluding carboxylic acids is 2. The van der Waals surface area contributed by atoms with Gasteiger partial charge in [-0.05, 0) is 51.5 Å². The second kappa shape index (κ2) is 6.78. The highest BCUT2D eigenvalue weighted by Gasteiger charge is 2.44. The zero-order valence-corrected chi connectivity index (χ0v) is 15.6. The smallest absolute Gasteiger partial charge is 0.326 e. The second-order valence-electron chi connectivity index (χ2n) is 7.65. The van der Waals surface area contributed by atoms with Crippen molar-refractivity contribution in [2.75, 3.05) is 19.6 Å². The molecule has 1 unspecified atom stereocenters. The number of rotatable bonds is 3. The summed E-state index contributed by atoms with van der Waals surface area (Å²) in [6, 6.07) is 0.966. The zero-order valence-electron chi connectivity index (χ0n) is 15.6. The van der Waals surface area contributed by atoms with E-state index in [1.165, 1.54) is 4.90 Å². The van der Waals surface area contributed by atoms with Crippen LogP contribution in [0.1, 0.15) is 54.5 Å². The van der Waals surface area contributed by atoms with Crippen LogP contribution < -0.4 is 0 Å². The SMILES string of the molecule is Cc1cc(C(=O)N2CCC3(CCC(=O)N(C(C)C(=O)O)C3)CC2)c(C)o1. The molecule has 2 amide bonds. The molecule has 0 radical (unpaired) electrons. The van der Waals surface area contributed by atoms with Crippen LogP contribution in [0.3, 0.4) is 0 Å². The van der Waals surface area contributed by atoms with Crippen LogP contribution in [0.5, 0.6) is 0 Å². The largest absolute Gasteiger partial charge is 0.480 e. The average Bonchev–Trinajstić information content (AvgIpc) is 2.95. The Balaban J connectivity index is 1.67. The van der Waals surface area contributed by atoms with Gasteiger partial charge in [-0.2, -0.15) is 0 Å². The maximum atomic E-state index is 12.7. The van der Waals surface area contributed by atoms with E-state index in [4.69, 9.17) is 4.42 Å². The van der Waals surface area contributed by atoms with Crippen LogP contribution in [-0.4, -0.2) is 58.4 Å². The summed E-state index contributed by atoms with van der Waals surface area (Å²) >= 11 is 0. The minimum absolute atomic E-state index is 0.0168. The number of aryl methyl sites for hydroxylation is 2. The Kier molecular flexibility index (Phi) is 4.82. The quantitative estimate of drug-likeness (QED) is 0.890. The van der Waals surface area contributed by atoms with Crippen LogP contribution in [-0.2, 0) is 9.59 Å². The molecule has 2 aliphatic rings. The molecule has 0 bridgehead atoms. The molecule has 2 aliphatic heterocycles. The lowest BCUT2D eigenvalue weighted by Gasteiger charge is -2.48. The van der Waals surface area contributed by atoms with E-state index in [1.54, 1.807) is 19.9 Å². The minimum Gasteiger partial charge on any atom is -0.480 e. The van der Waals surface area contributed by atoms with Crippen LogP contribution >= 0.6 is 0 Å². The van der Waals surface area contributed by atoms with Crippen LogP contribution in [0.2, 0.25) is 0 Å². The van der Waals surface area contributed by atoms with Gasteiger partial charge in [0, 0.05) is 26.1 Å². The van der Waals surface area contributed by atoms with Crippen molar-refractivity contribution in [2.24, 2.45) is 5.41 Å². The molecule has 0 aliphatic carbocycles. The van der Waals surface area contributed by atoms with Crippen molar-refractivity contribution >= 4 is 17.8 Å². The number of piperidine rings is 2. The number of aliphatic carboxylic acids is 1. The molecule has 142 valence electrons. The summed E-state index contributed by atoms with van der Waals surface area (Å²) in [5, 5.41) is 9.25. The van der Waals surface area contributed by atoms with Gasteiger partial charge in [0.1, 0.15) is 17.6 Å². The van der Waals surface area contributed by atoms with Crippen molar-refractivity contribution in [3.05, 3.63) is 23.2 Å². The van der Waals surface area contributed by atoms with Crippen molar-refractivity contribution in [1.29, 1.82) is 0 Å². The lowest BCUT2D eigenvalue weighted by Crippen LogP contribution is -2.55. The van der Waals surface area contributed by atoms with Crippen molar-refractivity contribution < 1.29 is 23.9 Å². The third kappa shape index (κ3) is 3.34. The predicted molar refractivity (Wildman–Crippen MR) is 93.8 cm³/mol. The first-order chi connectivity index (χ1) is 12.2. The Morgan fingerprint density at radius 3 is 2.42 bits per heavy atom. The Hall–Kier alpha value is -2.31. The first-order valence-electron chi connectivity index (χ1n) is 9.11. The normalized spacial score (nSPS) is 21.1. The monoisotopic (exact) mass is 362 g/mol. The van der Waals surface area contributed by atoms with E-state index >= 15 is 0 Å². The van der Waals surface area contributed by atoms with Gasteiger partial charge in [-0.25, -0.2) is 4.79 Å². The first kappa shape index (κ1) is 18.5. The maximum absolute atomic E-state index is 12.7. The lowest BCUT2D eigenvalue weighted by atomic mass is 9.72. The fourth-order valence-electron chi connectivity index (χ4n) is 4.14. The highest BCUT2D eigenvalue weighted by Crippen LogP contribution is 2.41. The standard InChI is InChI=1S/C19H26N2O5/c1-12-10-15(14(3)26-12)17(23)20-8-6-19(7-9-20)5-4-16(22)21(11-19)13(2)18(24)25/h10,13H,4-9,11H2,1-3H3,(H,24,25). The fourth-order valence-corrected chi connectivity index (χ4v) is 4.14. The van der Waals surface area contributed by atoms with Gasteiger partial charge in [0.25, 0.3) is 5.91 Å². The molecular weight excluding hydrogens is 336 g/mol. The predicted octanol–water partition coefficient (Wildman–Crippen LogP) is 2.21. The molecule has 0 aromatic carbocycles. The van der Waals surface area contributed by atoms with Crippen molar-refractivity contribution in [3.8, 4) is 0 Å². The molecule has 7 nitrogen and oxygen atoms in total. The number of furan rings is 1. The molecule has 3 rings (SSSR count). The summed E-state index contributed by atoms with van der Waals surface area (Å²) in [7, 11) is 0. The van der Waals surface area contributed by atoms with Crippen molar-refractivity contribution in [3.63, 3.8) is 0 Å². The Labute approximate surface area is 152 Å². The molecule has 0 saturated carbocycles. The molecule has 1 N–H and O–H groups in total. The van der Waals surface area contributed by atoms with Gasteiger partial charge < -0.3 is 19.3 Å². The maximum Gasteiger partial charge on any atom is 0.326 e. The number of hydrogen-bond donors (Lipinski definition) is 1. The molecule has 3 heterocycles. The third-order valence-electron chi connectivity index (χ3n) is 5.90. The van der Waals surface area contributed by atoms with Gasteiger partial charge in [-0.3, -0.25) is 9.59 Å². The summed E-state index contributed by atoms with van der Waals surface area (Å²) < 4.78 is 5.46. The van der Waals surface area contributed by atoms with Gasteiger partial charge in [0.15, 0.2) is 0 Å². The molecule has 1 spiro atoms. The van der Waals surface area contributed by atoms with Crippen LogP contribution in [0.25, 0.3) is 0 Å².